The molecule has 2 nitrogen and oxygen atoms in total. The molecule has 0 fully saturated rings. The first-order valence-electron chi connectivity index (χ1n) is 9.37. The van der Waals surface area contributed by atoms with Gasteiger partial charge >= 0.3 is 0 Å². The third-order valence-corrected chi connectivity index (χ3v) is 4.43. The summed E-state index contributed by atoms with van der Waals surface area (Å²) in [5, 5.41) is 13.7. The molecule has 0 spiro atoms. The van der Waals surface area contributed by atoms with Crippen molar-refractivity contribution in [3.05, 3.63) is 47.7 Å². The molecule has 0 saturated carbocycles. The fourth-order valence-corrected chi connectivity index (χ4v) is 2.72. The third kappa shape index (κ3) is 17.3. The van der Waals surface area contributed by atoms with Gasteiger partial charge in [-0.2, -0.15) is 0 Å². The minimum atomic E-state index is 0.316. The van der Waals surface area contributed by atoms with E-state index < -0.39 is 0 Å². The van der Waals surface area contributed by atoms with E-state index >= 15 is 0 Å². The molecule has 0 aromatic heterocycles. The van der Waals surface area contributed by atoms with Crippen molar-refractivity contribution in [2.24, 2.45) is 0 Å². The van der Waals surface area contributed by atoms with Gasteiger partial charge in [0.1, 0.15) is 0 Å². The molecule has 0 amide bonds. The van der Waals surface area contributed by atoms with E-state index in [4.69, 9.17) is 5.11 Å². The number of aliphatic hydroxyl groups is 1. The Hall–Kier alpha value is -1.09. The number of hydrogen-bond donors (Lipinski definition) is 2. The second kappa shape index (κ2) is 18.3. The van der Waals surface area contributed by atoms with E-state index in [-0.39, 0.29) is 0 Å². The molecular weight excluding hydrogens is 314 g/mol. The molecule has 0 aliphatic rings. The monoisotopic (exact) mass is 351 g/mol. The predicted octanol–water partition coefficient (Wildman–Crippen LogP) is 6.89. The number of allylic oxidation sites excluding steroid dienone is 6. The lowest BCUT2D eigenvalue weighted by atomic mass is 10.1. The van der Waals surface area contributed by atoms with Crippen LogP contribution < -0.4 is 5.32 Å². The predicted molar refractivity (Wildman–Crippen MR) is 111 cm³/mol. The average molecular weight is 352 g/mol. The van der Waals surface area contributed by atoms with Gasteiger partial charge in [-0.25, -0.2) is 0 Å². The van der Waals surface area contributed by atoms with Crippen LogP contribution in [0.2, 0.25) is 0 Å². The van der Waals surface area contributed by atoms with E-state index in [0.717, 1.165) is 32.2 Å². The number of thioether (sulfide) groups is 1. The normalized spacial score (nSPS) is 12.3. The highest BCUT2D eigenvalue weighted by Crippen LogP contribution is 2.09. The molecule has 0 saturated heterocycles. The van der Waals surface area contributed by atoms with Gasteiger partial charge in [0.25, 0.3) is 0 Å². The molecule has 138 valence electrons. The van der Waals surface area contributed by atoms with Crippen molar-refractivity contribution in [1.82, 2.24) is 5.32 Å². The first kappa shape index (κ1) is 22.9. The summed E-state index contributed by atoms with van der Waals surface area (Å²) >= 11 is 1.77. The maximum Gasteiger partial charge on any atom is 0.0851 e. The molecule has 0 aromatic rings. The molecule has 3 heteroatoms. The third-order valence-electron chi connectivity index (χ3n) is 3.71. The van der Waals surface area contributed by atoms with Crippen LogP contribution in [0.4, 0.5) is 0 Å². The molecule has 0 bridgehead atoms. The summed E-state index contributed by atoms with van der Waals surface area (Å²) < 4.78 is 0. The Labute approximate surface area is 154 Å². The second-order valence-corrected chi connectivity index (χ2v) is 6.87. The van der Waals surface area contributed by atoms with E-state index in [9.17, 15) is 0 Å². The topological polar surface area (TPSA) is 32.3 Å². The Morgan fingerprint density at radius 2 is 1.83 bits per heavy atom. The Morgan fingerprint density at radius 3 is 2.54 bits per heavy atom. The minimum Gasteiger partial charge on any atom is -0.513 e. The van der Waals surface area contributed by atoms with Gasteiger partial charge in [-0.05, 0) is 44.4 Å². The number of rotatable bonds is 16. The average Bonchev–Trinajstić information content (AvgIpc) is 2.57. The second-order valence-electron chi connectivity index (χ2n) is 6.02. The van der Waals surface area contributed by atoms with E-state index in [1.165, 1.54) is 43.6 Å². The van der Waals surface area contributed by atoms with Crippen molar-refractivity contribution in [1.29, 1.82) is 0 Å². The van der Waals surface area contributed by atoms with Crippen molar-refractivity contribution in [3.63, 3.8) is 0 Å². The maximum absolute atomic E-state index is 8.99. The van der Waals surface area contributed by atoms with Gasteiger partial charge in [-0.3, -0.25) is 0 Å². The Morgan fingerprint density at radius 1 is 1.04 bits per heavy atom. The molecule has 0 aromatic carbocycles. The van der Waals surface area contributed by atoms with Gasteiger partial charge < -0.3 is 10.4 Å². The summed E-state index contributed by atoms with van der Waals surface area (Å²) in [6.07, 6.45) is 24.6. The zero-order chi connectivity index (χ0) is 17.9. The molecule has 0 atom stereocenters. The fraction of sp³-hybridized carbons (Fsp3) is 0.619. The van der Waals surface area contributed by atoms with Gasteiger partial charge in [0, 0.05) is 13.0 Å². The molecule has 0 rings (SSSR count). The van der Waals surface area contributed by atoms with Gasteiger partial charge in [-0.1, -0.05) is 63.5 Å². The number of nitrogens with one attached hydrogen (secondary N) is 1. The number of unbranched alkanes of at least 4 members (excludes halogenated alkanes) is 6. The Balaban J connectivity index is 3.63. The van der Waals surface area contributed by atoms with Gasteiger partial charge in [-0.15, -0.1) is 11.8 Å². The van der Waals surface area contributed by atoms with Crippen molar-refractivity contribution in [3.8, 4) is 0 Å². The fourth-order valence-electron chi connectivity index (χ4n) is 2.26. The van der Waals surface area contributed by atoms with Crippen LogP contribution in [-0.4, -0.2) is 17.9 Å². The highest BCUT2D eigenvalue weighted by Gasteiger charge is 1.92. The smallest absolute Gasteiger partial charge is 0.0851 e. The van der Waals surface area contributed by atoms with Crippen molar-refractivity contribution >= 4 is 11.8 Å². The molecule has 24 heavy (non-hydrogen) atoms. The van der Waals surface area contributed by atoms with Gasteiger partial charge in [0.05, 0.1) is 10.8 Å². The van der Waals surface area contributed by atoms with E-state index in [1.807, 2.05) is 0 Å². The van der Waals surface area contributed by atoms with Gasteiger partial charge in [0.15, 0.2) is 0 Å². The summed E-state index contributed by atoms with van der Waals surface area (Å²) in [6.45, 7) is 6.81. The molecule has 2 N–H and O–H groups in total. The molecular formula is C21H37NOS. The summed E-state index contributed by atoms with van der Waals surface area (Å²) in [4.78, 5) is 0. The summed E-state index contributed by atoms with van der Waals surface area (Å²) in [5.41, 5.74) is 0. The van der Waals surface area contributed by atoms with Crippen LogP contribution in [0.3, 0.4) is 0 Å². The maximum atomic E-state index is 8.99. The zero-order valence-electron chi connectivity index (χ0n) is 15.7. The van der Waals surface area contributed by atoms with E-state index in [2.05, 4.69) is 55.5 Å². The van der Waals surface area contributed by atoms with Crippen LogP contribution in [-0.2, 0) is 0 Å². The Bertz CT molecular complexity index is 385. The minimum absolute atomic E-state index is 0.316. The molecule has 0 radical (unpaired) electrons. The zero-order valence-corrected chi connectivity index (χ0v) is 16.5. The molecule has 0 aliphatic heterocycles. The molecule has 0 aliphatic carbocycles. The van der Waals surface area contributed by atoms with E-state index in [1.54, 1.807) is 11.8 Å². The van der Waals surface area contributed by atoms with Crippen LogP contribution in [0, 0.1) is 0 Å². The number of hydrogen-bond acceptors (Lipinski definition) is 3. The van der Waals surface area contributed by atoms with Crippen molar-refractivity contribution < 1.29 is 5.11 Å². The number of aliphatic hydroxyl groups excluding tert-OH is 1. The standard InChI is InChI=1S/C21H37NOS/c1-4-5-16-19-22-21(24-3)18-15-13-11-9-7-6-8-10-12-14-17-20(2)23/h7,9,13,15,18,22-23H,2,4-6,8,10-12,14,16-17,19H2,1,3H3/b9-7-,15-13-,21-18+. The van der Waals surface area contributed by atoms with Crippen LogP contribution >= 0.6 is 11.8 Å². The highest BCUT2D eigenvalue weighted by molar-refractivity contribution is 8.02. The van der Waals surface area contributed by atoms with E-state index in [0.29, 0.717) is 5.76 Å². The lowest BCUT2D eigenvalue weighted by Crippen LogP contribution is -2.12. The quantitative estimate of drug-likeness (QED) is 0.137. The SMILES string of the molecule is C=C(O)CCCCCC/C=C\C/C=C\C=C(/NCCCCC)SC. The Kier molecular flexibility index (Phi) is 17.4. The summed E-state index contributed by atoms with van der Waals surface area (Å²) in [5.74, 6) is 0.316. The summed E-state index contributed by atoms with van der Waals surface area (Å²) in [6, 6.07) is 0. The van der Waals surface area contributed by atoms with Crippen LogP contribution in [0.1, 0.15) is 71.1 Å². The summed E-state index contributed by atoms with van der Waals surface area (Å²) in [7, 11) is 0. The lowest BCUT2D eigenvalue weighted by molar-refractivity contribution is 0.383. The van der Waals surface area contributed by atoms with Crippen LogP contribution in [0.25, 0.3) is 0 Å². The molecule has 0 unspecified atom stereocenters. The van der Waals surface area contributed by atoms with Crippen molar-refractivity contribution in [2.45, 2.75) is 71.1 Å². The molecule has 0 heterocycles. The van der Waals surface area contributed by atoms with Gasteiger partial charge in [0.2, 0.25) is 0 Å². The first-order chi connectivity index (χ1) is 11.7. The first-order valence-corrected chi connectivity index (χ1v) is 10.6. The van der Waals surface area contributed by atoms with Crippen LogP contribution in [0.15, 0.2) is 47.7 Å². The van der Waals surface area contributed by atoms with Crippen LogP contribution in [0.5, 0.6) is 0 Å². The van der Waals surface area contributed by atoms with Crippen molar-refractivity contribution in [2.75, 3.05) is 12.8 Å². The highest BCUT2D eigenvalue weighted by atomic mass is 32.2. The largest absolute Gasteiger partial charge is 0.513 e. The lowest BCUT2D eigenvalue weighted by Gasteiger charge is -2.06.